The van der Waals surface area contributed by atoms with Crippen LogP contribution >= 0.6 is 0 Å². The first kappa shape index (κ1) is 16.1. The molecule has 2 aromatic rings. The molecule has 0 saturated heterocycles. The largest absolute Gasteiger partial charge is 0.496 e. The number of nitriles is 1. The van der Waals surface area contributed by atoms with E-state index < -0.39 is 11.9 Å². The number of nitrogens with zero attached hydrogens (tertiary/aromatic N) is 3. The lowest BCUT2D eigenvalue weighted by atomic mass is 9.98. The minimum absolute atomic E-state index is 0.0702. The highest BCUT2D eigenvalue weighted by molar-refractivity contribution is 5.57. The number of aromatic nitrogens is 1. The molecule has 0 amide bonds. The Hall–Kier alpha value is -2.75. The first-order valence-corrected chi connectivity index (χ1v) is 7.32. The summed E-state index contributed by atoms with van der Waals surface area (Å²) in [7, 11) is 1.59. The number of benzene rings is 1. The maximum atomic E-state index is 12.9. The number of halogens is 3. The van der Waals surface area contributed by atoms with Crippen molar-refractivity contribution in [3.63, 3.8) is 0 Å². The van der Waals surface area contributed by atoms with Crippen molar-refractivity contribution >= 4 is 5.82 Å². The summed E-state index contributed by atoms with van der Waals surface area (Å²) in [6.07, 6.45) is -3.93. The van der Waals surface area contributed by atoms with Crippen LogP contribution in [0, 0.1) is 11.3 Å². The van der Waals surface area contributed by atoms with Gasteiger partial charge < -0.3 is 9.64 Å². The summed E-state index contributed by atoms with van der Waals surface area (Å²) >= 11 is 0. The number of hydrogen-bond acceptors (Lipinski definition) is 4. The van der Waals surface area contributed by atoms with Gasteiger partial charge in [0.05, 0.1) is 12.7 Å². The highest BCUT2D eigenvalue weighted by Crippen LogP contribution is 2.33. The predicted octanol–water partition coefficient (Wildman–Crippen LogP) is 3.54. The Kier molecular flexibility index (Phi) is 4.06. The zero-order valence-corrected chi connectivity index (χ0v) is 12.9. The Morgan fingerprint density at radius 2 is 2.04 bits per heavy atom. The summed E-state index contributed by atoms with van der Waals surface area (Å²) in [6, 6.07) is 9.54. The van der Waals surface area contributed by atoms with Gasteiger partial charge in [-0.15, -0.1) is 0 Å². The average molecular weight is 333 g/mol. The van der Waals surface area contributed by atoms with Crippen LogP contribution in [0.15, 0.2) is 30.3 Å². The fraction of sp³-hybridized carbons (Fsp3) is 0.294. The minimum atomic E-state index is -4.54. The third-order valence-corrected chi connectivity index (χ3v) is 4.03. The average Bonchev–Trinajstić information content (AvgIpc) is 2.59. The van der Waals surface area contributed by atoms with Crippen molar-refractivity contribution in [2.75, 3.05) is 18.6 Å². The fourth-order valence-electron chi connectivity index (χ4n) is 2.88. The van der Waals surface area contributed by atoms with Gasteiger partial charge in [0.1, 0.15) is 23.3 Å². The van der Waals surface area contributed by atoms with Gasteiger partial charge in [0, 0.05) is 18.7 Å². The Labute approximate surface area is 137 Å². The maximum Gasteiger partial charge on any atom is 0.433 e. The molecule has 0 aliphatic carbocycles. The first-order chi connectivity index (χ1) is 11.4. The molecule has 1 aromatic heterocycles. The second kappa shape index (κ2) is 6.04. The Balaban J connectivity index is 2.00. The van der Waals surface area contributed by atoms with Crippen LogP contribution < -0.4 is 9.64 Å². The van der Waals surface area contributed by atoms with Gasteiger partial charge >= 0.3 is 6.18 Å². The van der Waals surface area contributed by atoms with E-state index in [1.54, 1.807) is 12.0 Å². The summed E-state index contributed by atoms with van der Waals surface area (Å²) in [4.78, 5) is 5.41. The van der Waals surface area contributed by atoms with Crippen LogP contribution in [0.25, 0.3) is 0 Å². The van der Waals surface area contributed by atoms with E-state index in [2.05, 4.69) is 4.98 Å². The van der Waals surface area contributed by atoms with Crippen LogP contribution in [0.2, 0.25) is 0 Å². The Morgan fingerprint density at radius 1 is 1.25 bits per heavy atom. The summed E-state index contributed by atoms with van der Waals surface area (Å²) < 4.78 is 44.1. The van der Waals surface area contributed by atoms with E-state index in [9.17, 15) is 18.4 Å². The van der Waals surface area contributed by atoms with Crippen molar-refractivity contribution in [3.8, 4) is 11.8 Å². The summed E-state index contributed by atoms with van der Waals surface area (Å²) in [6.45, 7) is 0.853. The smallest absolute Gasteiger partial charge is 0.433 e. The topological polar surface area (TPSA) is 49.1 Å². The van der Waals surface area contributed by atoms with E-state index in [1.807, 2.05) is 24.3 Å². The SMILES string of the molecule is COc1cccc2c1CCN(c1nc(C(F)(F)F)ccc1C#N)C2. The molecule has 4 nitrogen and oxygen atoms in total. The van der Waals surface area contributed by atoms with E-state index in [0.29, 0.717) is 19.5 Å². The molecule has 2 heterocycles. The molecule has 0 atom stereocenters. The van der Waals surface area contributed by atoms with Crippen LogP contribution in [-0.4, -0.2) is 18.6 Å². The molecular weight excluding hydrogens is 319 g/mol. The Bertz CT molecular complexity index is 812. The van der Waals surface area contributed by atoms with Crippen LogP contribution in [0.4, 0.5) is 19.0 Å². The Morgan fingerprint density at radius 3 is 2.71 bits per heavy atom. The van der Waals surface area contributed by atoms with Crippen molar-refractivity contribution in [1.29, 1.82) is 5.26 Å². The first-order valence-electron chi connectivity index (χ1n) is 7.32. The molecule has 3 rings (SSSR count). The number of methoxy groups -OCH3 is 1. The highest BCUT2D eigenvalue weighted by Gasteiger charge is 2.34. The number of rotatable bonds is 2. The summed E-state index contributed by atoms with van der Waals surface area (Å²) in [5, 5.41) is 9.20. The van der Waals surface area contributed by atoms with Gasteiger partial charge in [-0.05, 0) is 30.2 Å². The van der Waals surface area contributed by atoms with Gasteiger partial charge in [-0.25, -0.2) is 4.98 Å². The number of fused-ring (bicyclic) bond motifs is 1. The predicted molar refractivity (Wildman–Crippen MR) is 81.7 cm³/mol. The van der Waals surface area contributed by atoms with E-state index in [1.165, 1.54) is 6.07 Å². The second-order valence-corrected chi connectivity index (χ2v) is 5.45. The van der Waals surface area contributed by atoms with Gasteiger partial charge in [0.25, 0.3) is 0 Å². The molecule has 0 bridgehead atoms. The van der Waals surface area contributed by atoms with E-state index in [-0.39, 0.29) is 11.4 Å². The molecule has 0 unspecified atom stereocenters. The maximum absolute atomic E-state index is 12.9. The van der Waals surface area contributed by atoms with Crippen LogP contribution in [0.5, 0.6) is 5.75 Å². The van der Waals surface area contributed by atoms with Crippen molar-refractivity contribution < 1.29 is 17.9 Å². The van der Waals surface area contributed by atoms with E-state index in [4.69, 9.17) is 4.74 Å². The van der Waals surface area contributed by atoms with Gasteiger partial charge in [0.2, 0.25) is 0 Å². The third-order valence-electron chi connectivity index (χ3n) is 4.03. The van der Waals surface area contributed by atoms with Crippen LogP contribution in [0.1, 0.15) is 22.4 Å². The zero-order chi connectivity index (χ0) is 17.3. The molecule has 1 aromatic carbocycles. The summed E-state index contributed by atoms with van der Waals surface area (Å²) in [5.41, 5.74) is 1.15. The van der Waals surface area contributed by atoms with E-state index in [0.717, 1.165) is 22.9 Å². The van der Waals surface area contributed by atoms with E-state index >= 15 is 0 Å². The van der Waals surface area contributed by atoms with Gasteiger partial charge in [-0.1, -0.05) is 12.1 Å². The molecule has 7 heteroatoms. The van der Waals surface area contributed by atoms with Gasteiger partial charge in [-0.2, -0.15) is 18.4 Å². The molecule has 24 heavy (non-hydrogen) atoms. The fourth-order valence-corrected chi connectivity index (χ4v) is 2.88. The molecule has 1 aliphatic rings. The number of ether oxygens (including phenoxy) is 1. The van der Waals surface area contributed by atoms with Crippen LogP contribution in [0.3, 0.4) is 0 Å². The van der Waals surface area contributed by atoms with Gasteiger partial charge in [0.15, 0.2) is 0 Å². The standard InChI is InChI=1S/C17H14F3N3O/c1-24-14-4-2-3-12-10-23(8-7-13(12)14)16-11(9-21)5-6-15(22-16)17(18,19)20/h2-6H,7-8,10H2,1H3. The molecule has 0 fully saturated rings. The molecule has 0 radical (unpaired) electrons. The quantitative estimate of drug-likeness (QED) is 0.843. The minimum Gasteiger partial charge on any atom is -0.496 e. The van der Waals surface area contributed by atoms with Crippen molar-refractivity contribution in [3.05, 3.63) is 52.7 Å². The molecule has 0 N–H and O–H groups in total. The number of alkyl halides is 3. The monoisotopic (exact) mass is 333 g/mol. The summed E-state index contributed by atoms with van der Waals surface area (Å²) in [5.74, 6) is 0.838. The zero-order valence-electron chi connectivity index (χ0n) is 12.9. The lowest BCUT2D eigenvalue weighted by Gasteiger charge is -2.31. The highest BCUT2D eigenvalue weighted by atomic mass is 19.4. The number of anilines is 1. The lowest BCUT2D eigenvalue weighted by molar-refractivity contribution is -0.141. The second-order valence-electron chi connectivity index (χ2n) is 5.45. The molecule has 124 valence electrons. The molecule has 0 spiro atoms. The van der Waals surface area contributed by atoms with Crippen molar-refractivity contribution in [2.24, 2.45) is 0 Å². The third kappa shape index (κ3) is 2.87. The van der Waals surface area contributed by atoms with Crippen molar-refractivity contribution in [1.82, 2.24) is 4.98 Å². The van der Waals surface area contributed by atoms with Crippen LogP contribution in [-0.2, 0) is 19.1 Å². The number of hydrogen-bond donors (Lipinski definition) is 0. The normalized spacial score (nSPS) is 14.0. The van der Waals surface area contributed by atoms with Gasteiger partial charge in [-0.3, -0.25) is 0 Å². The molecular formula is C17H14F3N3O. The lowest BCUT2D eigenvalue weighted by Crippen LogP contribution is -2.32. The number of pyridine rings is 1. The molecule has 0 saturated carbocycles. The van der Waals surface area contributed by atoms with Crippen molar-refractivity contribution in [2.45, 2.75) is 19.1 Å². The molecule has 1 aliphatic heterocycles.